The first kappa shape index (κ1) is 19.2. The zero-order valence-electron chi connectivity index (χ0n) is 17.3. The first-order valence-corrected chi connectivity index (χ1v) is 10.0. The maximum Gasteiger partial charge on any atom is 0.257 e. The summed E-state index contributed by atoms with van der Waals surface area (Å²) < 4.78 is 14.1. The molecule has 1 N–H and O–H groups in total. The summed E-state index contributed by atoms with van der Waals surface area (Å²) in [6, 6.07) is 7.81. The number of carbonyl (C=O) groups is 1. The third kappa shape index (κ3) is 3.30. The Morgan fingerprint density at radius 3 is 2.68 bits per heavy atom. The summed E-state index contributed by atoms with van der Waals surface area (Å²) in [6.07, 6.45) is 3.61. The number of halogens is 1. The van der Waals surface area contributed by atoms with E-state index in [0.29, 0.717) is 24.5 Å². The van der Waals surface area contributed by atoms with Crippen LogP contribution in [0.3, 0.4) is 0 Å². The van der Waals surface area contributed by atoms with Gasteiger partial charge in [0.25, 0.3) is 5.91 Å². The normalized spacial score (nSPS) is 16.4. The highest BCUT2D eigenvalue weighted by molar-refractivity contribution is 5.98. The van der Waals surface area contributed by atoms with Gasteiger partial charge < -0.3 is 9.88 Å². The molecule has 0 aliphatic carbocycles. The SMILES string of the molecule is C=C1CC(c2nc3cc(C)c(C)cc3[nH]2)N(C(=O)c2cc(F)ccc2-n2nccn2)C1. The molecule has 31 heavy (non-hydrogen) atoms. The number of imidazole rings is 1. The number of aryl methyl sites for hydroxylation is 2. The summed E-state index contributed by atoms with van der Waals surface area (Å²) in [4.78, 5) is 24.7. The van der Waals surface area contributed by atoms with Gasteiger partial charge in [-0.15, -0.1) is 0 Å². The molecule has 8 heteroatoms. The number of amides is 1. The molecule has 1 atom stereocenters. The zero-order chi connectivity index (χ0) is 21.7. The molecule has 5 rings (SSSR count). The van der Waals surface area contributed by atoms with E-state index in [-0.39, 0.29) is 17.5 Å². The molecule has 0 saturated carbocycles. The highest BCUT2D eigenvalue weighted by atomic mass is 19.1. The van der Waals surface area contributed by atoms with Crippen molar-refractivity contribution in [3.63, 3.8) is 0 Å². The molecule has 1 aliphatic heterocycles. The van der Waals surface area contributed by atoms with Gasteiger partial charge in [0.2, 0.25) is 0 Å². The third-order valence-corrected chi connectivity index (χ3v) is 5.77. The van der Waals surface area contributed by atoms with Gasteiger partial charge in [0.15, 0.2) is 0 Å². The summed E-state index contributed by atoms with van der Waals surface area (Å²) in [7, 11) is 0. The van der Waals surface area contributed by atoms with Crippen molar-refractivity contribution >= 4 is 16.9 Å². The Labute approximate surface area is 178 Å². The number of nitrogens with one attached hydrogen (secondary N) is 1. The van der Waals surface area contributed by atoms with Crippen LogP contribution in [0.1, 0.15) is 39.8 Å². The zero-order valence-corrected chi connectivity index (χ0v) is 17.3. The predicted molar refractivity (Wildman–Crippen MR) is 114 cm³/mol. The van der Waals surface area contributed by atoms with E-state index in [4.69, 9.17) is 4.98 Å². The molecule has 0 radical (unpaired) electrons. The fraction of sp³-hybridized carbons (Fsp3) is 0.217. The number of hydrogen-bond donors (Lipinski definition) is 1. The molecular weight excluding hydrogens is 395 g/mol. The summed E-state index contributed by atoms with van der Waals surface area (Å²) in [5.41, 5.74) is 5.64. The molecule has 1 aliphatic rings. The van der Waals surface area contributed by atoms with Gasteiger partial charge >= 0.3 is 0 Å². The Morgan fingerprint density at radius 1 is 1.16 bits per heavy atom. The molecule has 1 saturated heterocycles. The fourth-order valence-corrected chi connectivity index (χ4v) is 4.05. The average molecular weight is 416 g/mol. The number of aromatic nitrogens is 5. The molecule has 2 aromatic carbocycles. The van der Waals surface area contributed by atoms with Gasteiger partial charge in [-0.3, -0.25) is 4.79 Å². The molecular formula is C23H21FN6O. The second kappa shape index (κ2) is 7.16. The standard InChI is InChI=1S/C23H21FN6O/c1-13-8-21(22-27-18-9-14(2)15(3)10-19(18)28-22)29(12-13)23(31)17-11-16(24)4-5-20(17)30-25-6-7-26-30/h4-7,9-11,21H,1,8,12H2,2-3H3,(H,27,28). The number of nitrogens with zero attached hydrogens (tertiary/aromatic N) is 5. The minimum atomic E-state index is -0.497. The first-order valence-electron chi connectivity index (χ1n) is 10.0. The van der Waals surface area contributed by atoms with E-state index in [9.17, 15) is 9.18 Å². The highest BCUT2D eigenvalue weighted by Crippen LogP contribution is 2.36. The monoisotopic (exact) mass is 416 g/mol. The molecule has 1 fully saturated rings. The van der Waals surface area contributed by atoms with Crippen molar-refractivity contribution in [3.05, 3.63) is 83.2 Å². The van der Waals surface area contributed by atoms with Gasteiger partial charge in [-0.25, -0.2) is 9.37 Å². The number of hydrogen-bond acceptors (Lipinski definition) is 4. The number of likely N-dealkylation sites (tertiary alicyclic amines) is 1. The van der Waals surface area contributed by atoms with Crippen molar-refractivity contribution in [2.45, 2.75) is 26.3 Å². The molecule has 7 nitrogen and oxygen atoms in total. The van der Waals surface area contributed by atoms with Crippen molar-refractivity contribution in [1.82, 2.24) is 29.9 Å². The van der Waals surface area contributed by atoms with Crippen LogP contribution in [0.2, 0.25) is 0 Å². The molecule has 0 spiro atoms. The van der Waals surface area contributed by atoms with E-state index in [1.807, 2.05) is 13.0 Å². The predicted octanol–water partition coefficient (Wildman–Crippen LogP) is 4.04. The van der Waals surface area contributed by atoms with Crippen molar-refractivity contribution in [3.8, 4) is 5.69 Å². The summed E-state index contributed by atoms with van der Waals surface area (Å²) in [5, 5.41) is 8.20. The number of benzene rings is 2. The van der Waals surface area contributed by atoms with E-state index in [2.05, 4.69) is 34.8 Å². The maximum atomic E-state index is 14.1. The van der Waals surface area contributed by atoms with E-state index < -0.39 is 5.82 Å². The smallest absolute Gasteiger partial charge is 0.257 e. The second-order valence-corrected chi connectivity index (χ2v) is 7.96. The number of fused-ring (bicyclic) bond motifs is 1. The molecule has 1 amide bonds. The van der Waals surface area contributed by atoms with Gasteiger partial charge in [-0.05, 0) is 61.7 Å². The Morgan fingerprint density at radius 2 is 1.90 bits per heavy atom. The van der Waals surface area contributed by atoms with Crippen LogP contribution in [-0.4, -0.2) is 42.3 Å². The minimum absolute atomic E-state index is 0.193. The minimum Gasteiger partial charge on any atom is -0.340 e. The van der Waals surface area contributed by atoms with Gasteiger partial charge in [0.1, 0.15) is 11.6 Å². The van der Waals surface area contributed by atoms with Gasteiger partial charge in [0.05, 0.1) is 40.7 Å². The van der Waals surface area contributed by atoms with Crippen LogP contribution in [0.25, 0.3) is 16.7 Å². The Hall–Kier alpha value is -3.81. The summed E-state index contributed by atoms with van der Waals surface area (Å²) in [6.45, 7) is 8.56. The van der Waals surface area contributed by atoms with Crippen LogP contribution >= 0.6 is 0 Å². The molecule has 2 aromatic heterocycles. The van der Waals surface area contributed by atoms with E-state index in [1.54, 1.807) is 4.90 Å². The van der Waals surface area contributed by atoms with Gasteiger partial charge in [-0.1, -0.05) is 12.2 Å². The average Bonchev–Trinajstić information content (AvgIpc) is 3.47. The lowest BCUT2D eigenvalue weighted by atomic mass is 10.1. The van der Waals surface area contributed by atoms with Crippen LogP contribution in [0, 0.1) is 19.7 Å². The van der Waals surface area contributed by atoms with Crippen LogP contribution in [0.4, 0.5) is 4.39 Å². The van der Waals surface area contributed by atoms with Crippen molar-refractivity contribution in [1.29, 1.82) is 0 Å². The molecule has 0 bridgehead atoms. The number of aromatic amines is 1. The lowest BCUT2D eigenvalue weighted by Gasteiger charge is -2.23. The molecule has 1 unspecified atom stereocenters. The third-order valence-electron chi connectivity index (χ3n) is 5.77. The summed E-state index contributed by atoms with van der Waals surface area (Å²) in [5.74, 6) is -0.117. The van der Waals surface area contributed by atoms with Gasteiger partial charge in [0, 0.05) is 6.54 Å². The van der Waals surface area contributed by atoms with E-state index in [0.717, 1.165) is 22.2 Å². The van der Waals surface area contributed by atoms with Crippen molar-refractivity contribution in [2.24, 2.45) is 0 Å². The second-order valence-electron chi connectivity index (χ2n) is 7.96. The number of carbonyl (C=O) groups excluding carboxylic acids is 1. The van der Waals surface area contributed by atoms with E-state index in [1.165, 1.54) is 41.0 Å². The maximum absolute atomic E-state index is 14.1. The molecule has 156 valence electrons. The lowest BCUT2D eigenvalue weighted by Crippen LogP contribution is -2.32. The van der Waals surface area contributed by atoms with Crippen LogP contribution in [0.15, 0.2) is 54.9 Å². The summed E-state index contributed by atoms with van der Waals surface area (Å²) >= 11 is 0. The largest absolute Gasteiger partial charge is 0.340 e. The van der Waals surface area contributed by atoms with Crippen LogP contribution < -0.4 is 0 Å². The number of H-pyrrole nitrogens is 1. The topological polar surface area (TPSA) is 79.7 Å². The molecule has 3 heterocycles. The quantitative estimate of drug-likeness (QED) is 0.511. The van der Waals surface area contributed by atoms with Crippen molar-refractivity contribution < 1.29 is 9.18 Å². The van der Waals surface area contributed by atoms with Gasteiger partial charge in [-0.2, -0.15) is 15.0 Å². The van der Waals surface area contributed by atoms with Crippen LogP contribution in [0.5, 0.6) is 0 Å². The Bertz CT molecular complexity index is 1280. The Kier molecular flexibility index (Phi) is 4.43. The molecule has 4 aromatic rings. The van der Waals surface area contributed by atoms with Crippen molar-refractivity contribution in [2.75, 3.05) is 6.54 Å². The van der Waals surface area contributed by atoms with Crippen LogP contribution in [-0.2, 0) is 0 Å². The Balaban J connectivity index is 1.56. The number of rotatable bonds is 3. The highest BCUT2D eigenvalue weighted by Gasteiger charge is 2.36. The lowest BCUT2D eigenvalue weighted by molar-refractivity contribution is 0.0732. The fourth-order valence-electron chi connectivity index (χ4n) is 4.05. The van der Waals surface area contributed by atoms with E-state index >= 15 is 0 Å². The first-order chi connectivity index (χ1) is 14.9.